The molecule has 1 N–H and O–H groups in total. The molecule has 3 heteroatoms. The summed E-state index contributed by atoms with van der Waals surface area (Å²) in [5, 5.41) is 10.6. The Balaban J connectivity index is 1.54. The van der Waals surface area contributed by atoms with E-state index in [-0.39, 0.29) is 6.10 Å². The topological polar surface area (TPSA) is 32.7 Å². The number of aliphatic hydroxyl groups excluding tert-OH is 1. The monoisotopic (exact) mass is 311 g/mol. The minimum atomic E-state index is -0.338. The number of aliphatic hydroxyl groups is 1. The third-order valence-electron chi connectivity index (χ3n) is 4.76. The fourth-order valence-electron chi connectivity index (χ4n) is 3.38. The first-order valence-electron chi connectivity index (χ1n) is 8.34. The number of benzene rings is 2. The first-order chi connectivity index (χ1) is 11.3. The van der Waals surface area contributed by atoms with Gasteiger partial charge in [-0.05, 0) is 55.1 Å². The Kier molecular flexibility index (Phi) is 5.31. The van der Waals surface area contributed by atoms with Gasteiger partial charge in [0.2, 0.25) is 0 Å². The van der Waals surface area contributed by atoms with Crippen LogP contribution in [-0.2, 0) is 6.54 Å². The van der Waals surface area contributed by atoms with Gasteiger partial charge in [-0.15, -0.1) is 0 Å². The van der Waals surface area contributed by atoms with Crippen molar-refractivity contribution in [2.45, 2.75) is 25.5 Å². The molecule has 1 heterocycles. The molecule has 0 aromatic heterocycles. The van der Waals surface area contributed by atoms with Crippen LogP contribution in [0.15, 0.2) is 54.6 Å². The minimum Gasteiger partial charge on any atom is -0.497 e. The minimum absolute atomic E-state index is 0.338. The van der Waals surface area contributed by atoms with Crippen LogP contribution < -0.4 is 4.74 Å². The van der Waals surface area contributed by atoms with Gasteiger partial charge in [-0.2, -0.15) is 0 Å². The van der Waals surface area contributed by atoms with E-state index in [0.29, 0.717) is 5.92 Å². The number of hydrogen-bond acceptors (Lipinski definition) is 3. The van der Waals surface area contributed by atoms with Crippen LogP contribution in [0.5, 0.6) is 5.75 Å². The number of methoxy groups -OCH3 is 1. The standard InChI is InChI=1S/C20H25NO2/c1-23-19-9-5-6-16(14-19)15-21-12-10-18(11-13-21)20(22)17-7-3-2-4-8-17/h2-9,14,18,20,22H,10-13,15H2,1H3. The fraction of sp³-hybridized carbons (Fsp3) is 0.400. The third kappa shape index (κ3) is 4.12. The van der Waals surface area contributed by atoms with Crippen molar-refractivity contribution >= 4 is 0 Å². The summed E-state index contributed by atoms with van der Waals surface area (Å²) >= 11 is 0. The Hall–Kier alpha value is -1.84. The molecule has 2 aromatic carbocycles. The van der Waals surface area contributed by atoms with E-state index in [2.05, 4.69) is 17.0 Å². The second-order valence-electron chi connectivity index (χ2n) is 6.32. The van der Waals surface area contributed by atoms with Gasteiger partial charge in [0.25, 0.3) is 0 Å². The highest BCUT2D eigenvalue weighted by atomic mass is 16.5. The lowest BCUT2D eigenvalue weighted by molar-refractivity contribution is 0.0567. The van der Waals surface area contributed by atoms with Crippen LogP contribution in [0.1, 0.15) is 30.1 Å². The summed E-state index contributed by atoms with van der Waals surface area (Å²) in [5.74, 6) is 1.27. The molecule has 1 atom stereocenters. The predicted molar refractivity (Wildman–Crippen MR) is 92.4 cm³/mol. The summed E-state index contributed by atoms with van der Waals surface area (Å²) in [4.78, 5) is 2.46. The molecule has 1 aliphatic heterocycles. The van der Waals surface area contributed by atoms with E-state index < -0.39 is 0 Å². The van der Waals surface area contributed by atoms with Crippen molar-refractivity contribution in [3.05, 3.63) is 65.7 Å². The zero-order chi connectivity index (χ0) is 16.1. The SMILES string of the molecule is COc1cccc(CN2CCC(C(O)c3ccccc3)CC2)c1. The number of likely N-dealkylation sites (tertiary alicyclic amines) is 1. The van der Waals surface area contributed by atoms with Crippen LogP contribution in [0, 0.1) is 5.92 Å². The van der Waals surface area contributed by atoms with E-state index >= 15 is 0 Å². The first-order valence-corrected chi connectivity index (χ1v) is 8.34. The molecular formula is C20H25NO2. The predicted octanol–water partition coefficient (Wildman–Crippen LogP) is 3.64. The van der Waals surface area contributed by atoms with E-state index in [9.17, 15) is 5.11 Å². The molecule has 1 fully saturated rings. The molecule has 3 rings (SSSR count). The van der Waals surface area contributed by atoms with E-state index in [1.807, 2.05) is 42.5 Å². The van der Waals surface area contributed by atoms with Crippen molar-refractivity contribution in [3.63, 3.8) is 0 Å². The van der Waals surface area contributed by atoms with Gasteiger partial charge in [0.05, 0.1) is 13.2 Å². The second-order valence-corrected chi connectivity index (χ2v) is 6.32. The van der Waals surface area contributed by atoms with Gasteiger partial charge in [-0.3, -0.25) is 4.90 Å². The molecular weight excluding hydrogens is 286 g/mol. The van der Waals surface area contributed by atoms with Gasteiger partial charge in [0, 0.05) is 6.54 Å². The quantitative estimate of drug-likeness (QED) is 0.915. The van der Waals surface area contributed by atoms with Crippen LogP contribution in [0.25, 0.3) is 0 Å². The maximum absolute atomic E-state index is 10.6. The molecule has 122 valence electrons. The Bertz CT molecular complexity index is 606. The van der Waals surface area contributed by atoms with E-state index in [4.69, 9.17) is 4.74 Å². The number of nitrogens with zero attached hydrogens (tertiary/aromatic N) is 1. The Labute approximate surface area is 138 Å². The van der Waals surface area contributed by atoms with Gasteiger partial charge in [-0.25, -0.2) is 0 Å². The van der Waals surface area contributed by atoms with Crippen LogP contribution in [0.3, 0.4) is 0 Å². The Morgan fingerprint density at radius 1 is 1.09 bits per heavy atom. The number of rotatable bonds is 5. The molecule has 0 radical (unpaired) electrons. The molecule has 1 unspecified atom stereocenters. The largest absolute Gasteiger partial charge is 0.497 e. The molecule has 1 aliphatic rings. The molecule has 0 aliphatic carbocycles. The number of hydrogen-bond donors (Lipinski definition) is 1. The lowest BCUT2D eigenvalue weighted by atomic mass is 9.87. The third-order valence-corrected chi connectivity index (χ3v) is 4.76. The van der Waals surface area contributed by atoms with Crippen molar-refractivity contribution in [1.82, 2.24) is 4.90 Å². The van der Waals surface area contributed by atoms with Crippen LogP contribution in [-0.4, -0.2) is 30.2 Å². The van der Waals surface area contributed by atoms with E-state index in [1.165, 1.54) is 5.56 Å². The van der Waals surface area contributed by atoms with Crippen molar-refractivity contribution < 1.29 is 9.84 Å². The lowest BCUT2D eigenvalue weighted by Crippen LogP contribution is -2.35. The highest BCUT2D eigenvalue weighted by Crippen LogP contribution is 2.31. The van der Waals surface area contributed by atoms with Gasteiger partial charge in [0.1, 0.15) is 5.75 Å². The molecule has 0 bridgehead atoms. The Morgan fingerprint density at radius 3 is 2.52 bits per heavy atom. The van der Waals surface area contributed by atoms with E-state index in [1.54, 1.807) is 7.11 Å². The maximum Gasteiger partial charge on any atom is 0.119 e. The number of ether oxygens (including phenoxy) is 1. The summed E-state index contributed by atoms with van der Waals surface area (Å²) in [6, 6.07) is 18.3. The summed E-state index contributed by atoms with van der Waals surface area (Å²) in [7, 11) is 1.70. The van der Waals surface area contributed by atoms with Crippen LogP contribution >= 0.6 is 0 Å². The van der Waals surface area contributed by atoms with Gasteiger partial charge in [-0.1, -0.05) is 42.5 Å². The normalized spacial score (nSPS) is 17.8. The molecule has 0 amide bonds. The summed E-state index contributed by atoms with van der Waals surface area (Å²) in [5.41, 5.74) is 2.32. The second kappa shape index (κ2) is 7.62. The fourth-order valence-corrected chi connectivity index (χ4v) is 3.38. The van der Waals surface area contributed by atoms with Crippen LogP contribution in [0.2, 0.25) is 0 Å². The zero-order valence-corrected chi connectivity index (χ0v) is 13.7. The summed E-state index contributed by atoms with van der Waals surface area (Å²) in [6.45, 7) is 3.02. The van der Waals surface area contributed by atoms with Crippen molar-refractivity contribution in [2.24, 2.45) is 5.92 Å². The van der Waals surface area contributed by atoms with Crippen molar-refractivity contribution in [2.75, 3.05) is 20.2 Å². The lowest BCUT2D eigenvalue weighted by Gasteiger charge is -2.34. The summed E-state index contributed by atoms with van der Waals surface area (Å²) in [6.07, 6.45) is 1.75. The first kappa shape index (κ1) is 16.0. The molecule has 1 saturated heterocycles. The molecule has 23 heavy (non-hydrogen) atoms. The summed E-state index contributed by atoms with van der Waals surface area (Å²) < 4.78 is 5.29. The van der Waals surface area contributed by atoms with Gasteiger partial charge >= 0.3 is 0 Å². The molecule has 0 spiro atoms. The molecule has 3 nitrogen and oxygen atoms in total. The average molecular weight is 311 g/mol. The van der Waals surface area contributed by atoms with Gasteiger partial charge < -0.3 is 9.84 Å². The molecule has 0 saturated carbocycles. The smallest absolute Gasteiger partial charge is 0.119 e. The van der Waals surface area contributed by atoms with E-state index in [0.717, 1.165) is 43.8 Å². The van der Waals surface area contributed by atoms with Gasteiger partial charge in [0.15, 0.2) is 0 Å². The highest BCUT2D eigenvalue weighted by molar-refractivity contribution is 5.28. The maximum atomic E-state index is 10.6. The highest BCUT2D eigenvalue weighted by Gasteiger charge is 2.26. The Morgan fingerprint density at radius 2 is 1.83 bits per heavy atom. The van der Waals surface area contributed by atoms with Crippen molar-refractivity contribution in [3.8, 4) is 5.75 Å². The molecule has 2 aromatic rings. The van der Waals surface area contributed by atoms with Crippen LogP contribution in [0.4, 0.5) is 0 Å². The zero-order valence-electron chi connectivity index (χ0n) is 13.7. The average Bonchev–Trinajstić information content (AvgIpc) is 2.63. The van der Waals surface area contributed by atoms with Crippen molar-refractivity contribution in [1.29, 1.82) is 0 Å². The number of piperidine rings is 1.